The Bertz CT molecular complexity index is 1040. The Kier molecular flexibility index (Phi) is 8.15. The van der Waals surface area contributed by atoms with Gasteiger partial charge in [0.25, 0.3) is 0 Å². The van der Waals surface area contributed by atoms with E-state index in [0.717, 1.165) is 56.3 Å². The Morgan fingerprint density at radius 1 is 1.00 bits per heavy atom. The van der Waals surface area contributed by atoms with Crippen LogP contribution < -0.4 is 0 Å². The molecule has 0 bridgehead atoms. The summed E-state index contributed by atoms with van der Waals surface area (Å²) in [5.74, 6) is 3.65. The summed E-state index contributed by atoms with van der Waals surface area (Å²) in [5.41, 5.74) is 2.32. The zero-order valence-electron chi connectivity index (χ0n) is 25.5. The molecule has 0 unspecified atom stereocenters. The normalized spacial score (nSPS) is 39.2. The highest BCUT2D eigenvalue weighted by Gasteiger charge is 2.60. The summed E-state index contributed by atoms with van der Waals surface area (Å²) >= 11 is 0. The maximum Gasteiger partial charge on any atom is 0.338 e. The smallest absolute Gasteiger partial charge is 0.338 e. The molecule has 0 aliphatic heterocycles. The number of rotatable bonds is 8. The molecule has 0 spiro atoms. The van der Waals surface area contributed by atoms with Crippen molar-refractivity contribution in [1.29, 1.82) is 0 Å². The lowest BCUT2D eigenvalue weighted by Gasteiger charge is -2.59. The quantitative estimate of drug-likeness (QED) is 0.267. The van der Waals surface area contributed by atoms with E-state index in [1.807, 2.05) is 30.3 Å². The van der Waals surface area contributed by atoms with Crippen molar-refractivity contribution in [2.45, 2.75) is 124 Å². The minimum Gasteiger partial charge on any atom is -0.458 e. The topological polar surface area (TPSA) is 46.5 Å². The van der Waals surface area contributed by atoms with Gasteiger partial charge in [0.15, 0.2) is 0 Å². The molecular weight excluding hydrogens is 480 g/mol. The highest BCUT2D eigenvalue weighted by Crippen LogP contribution is 2.68. The molecular formula is C36H54O3. The molecule has 0 saturated heterocycles. The summed E-state index contributed by atoms with van der Waals surface area (Å²) in [7, 11) is 0. The lowest BCUT2D eigenvalue weighted by Crippen LogP contribution is -2.52. The molecule has 216 valence electrons. The molecule has 9 atom stereocenters. The second kappa shape index (κ2) is 11.0. The number of carbonyl (C=O) groups is 1. The molecule has 0 amide bonds. The minimum atomic E-state index is -0.489. The fourth-order valence-corrected chi connectivity index (χ4v) is 9.88. The summed E-state index contributed by atoms with van der Waals surface area (Å²) in [6.45, 7) is 14.2. The van der Waals surface area contributed by atoms with E-state index in [9.17, 15) is 9.90 Å². The van der Waals surface area contributed by atoms with Crippen LogP contribution >= 0.6 is 0 Å². The fraction of sp³-hybridized carbons (Fsp3) is 0.750. The number of hydrogen-bond acceptors (Lipinski definition) is 3. The van der Waals surface area contributed by atoms with E-state index in [0.29, 0.717) is 28.7 Å². The van der Waals surface area contributed by atoms with E-state index in [-0.39, 0.29) is 17.5 Å². The molecule has 4 aliphatic carbocycles. The number of esters is 1. The maximum absolute atomic E-state index is 13.2. The Morgan fingerprint density at radius 3 is 2.44 bits per heavy atom. The van der Waals surface area contributed by atoms with Crippen LogP contribution in [0.4, 0.5) is 0 Å². The standard InChI is InChI=1S/C36H54O3/c1-7-36(38)22-21-34(5)27(23-36)14-15-28-30-17-16-29(35(30,6)20-19-31(28)34)25(4)32(18-13-24(2)3)39-33(37)26-11-9-8-10-12-26/h8-12,14,24-25,28-32,38H,7,13,15-23H2,1-6H3/t25-,28-,29+,30-,31-,32+,34-,35+,36-/m0/s1. The highest BCUT2D eigenvalue weighted by molar-refractivity contribution is 5.89. The predicted octanol–water partition coefficient (Wildman–Crippen LogP) is 9.00. The first-order valence-electron chi connectivity index (χ1n) is 16.2. The van der Waals surface area contributed by atoms with E-state index in [1.165, 1.54) is 32.1 Å². The third-order valence-corrected chi connectivity index (χ3v) is 12.5. The third-order valence-electron chi connectivity index (χ3n) is 12.5. The Morgan fingerprint density at radius 2 is 1.74 bits per heavy atom. The molecule has 1 aromatic rings. The zero-order chi connectivity index (χ0) is 28.0. The lowest BCUT2D eigenvalue weighted by atomic mass is 9.46. The molecule has 5 rings (SSSR count). The number of fused-ring (bicyclic) bond motifs is 5. The van der Waals surface area contributed by atoms with Gasteiger partial charge in [-0.2, -0.15) is 0 Å². The van der Waals surface area contributed by atoms with Crippen molar-refractivity contribution in [3.63, 3.8) is 0 Å². The van der Waals surface area contributed by atoms with Crippen molar-refractivity contribution in [2.24, 2.45) is 46.3 Å². The van der Waals surface area contributed by atoms with Gasteiger partial charge in [-0.3, -0.25) is 0 Å². The first-order chi connectivity index (χ1) is 18.5. The monoisotopic (exact) mass is 534 g/mol. The SMILES string of the molecule is CC[C@]1(O)CC[C@@]2(C)C(=CC[C@H]3[C@@H]4CC[C@H]([C@H](C)[C@@H](CCC(C)C)OC(=O)c5ccccc5)[C@@]4(C)CC[C@@H]32)C1. The van der Waals surface area contributed by atoms with Gasteiger partial charge in [-0.15, -0.1) is 0 Å². The average Bonchev–Trinajstić information content (AvgIpc) is 3.28. The number of benzene rings is 1. The summed E-state index contributed by atoms with van der Waals surface area (Å²) in [6.07, 6.45) is 14.8. The van der Waals surface area contributed by atoms with Gasteiger partial charge in [-0.05, 0) is 129 Å². The van der Waals surface area contributed by atoms with Crippen LogP contribution in [-0.2, 0) is 4.74 Å². The van der Waals surface area contributed by atoms with Crippen LogP contribution in [0.3, 0.4) is 0 Å². The summed E-state index contributed by atoms with van der Waals surface area (Å²) in [5, 5.41) is 11.1. The van der Waals surface area contributed by atoms with Gasteiger partial charge in [0, 0.05) is 0 Å². The second-order valence-corrected chi connectivity index (χ2v) is 14.9. The van der Waals surface area contributed by atoms with E-state index >= 15 is 0 Å². The van der Waals surface area contributed by atoms with Gasteiger partial charge < -0.3 is 9.84 Å². The van der Waals surface area contributed by atoms with Crippen LogP contribution in [0.1, 0.15) is 123 Å². The van der Waals surface area contributed by atoms with E-state index in [1.54, 1.807) is 5.57 Å². The highest BCUT2D eigenvalue weighted by atomic mass is 16.5. The predicted molar refractivity (Wildman–Crippen MR) is 159 cm³/mol. The first kappa shape index (κ1) is 28.9. The number of allylic oxidation sites excluding steroid dienone is 1. The Hall–Kier alpha value is -1.61. The molecule has 0 aromatic heterocycles. The van der Waals surface area contributed by atoms with Gasteiger partial charge in [0.1, 0.15) is 6.10 Å². The van der Waals surface area contributed by atoms with Crippen LogP contribution in [-0.4, -0.2) is 22.8 Å². The van der Waals surface area contributed by atoms with Crippen molar-refractivity contribution in [2.75, 3.05) is 0 Å². The van der Waals surface area contributed by atoms with Crippen LogP contribution in [0.5, 0.6) is 0 Å². The van der Waals surface area contributed by atoms with E-state index < -0.39 is 5.60 Å². The third kappa shape index (κ3) is 5.27. The van der Waals surface area contributed by atoms with Gasteiger partial charge in [0.05, 0.1) is 11.2 Å². The van der Waals surface area contributed by atoms with Crippen molar-refractivity contribution in [1.82, 2.24) is 0 Å². The number of ether oxygens (including phenoxy) is 1. The van der Waals surface area contributed by atoms with Crippen molar-refractivity contribution in [3.8, 4) is 0 Å². The van der Waals surface area contributed by atoms with E-state index in [2.05, 4.69) is 47.6 Å². The first-order valence-corrected chi connectivity index (χ1v) is 16.2. The molecule has 3 saturated carbocycles. The summed E-state index contributed by atoms with van der Waals surface area (Å²) in [4.78, 5) is 13.2. The lowest BCUT2D eigenvalue weighted by molar-refractivity contribution is -0.0833. The molecule has 3 heteroatoms. The molecule has 1 N–H and O–H groups in total. The van der Waals surface area contributed by atoms with Gasteiger partial charge in [-0.1, -0.05) is 71.4 Å². The molecule has 39 heavy (non-hydrogen) atoms. The molecule has 0 radical (unpaired) electrons. The molecule has 4 aliphatic rings. The summed E-state index contributed by atoms with van der Waals surface area (Å²) < 4.78 is 6.34. The van der Waals surface area contributed by atoms with E-state index in [4.69, 9.17) is 4.74 Å². The number of hydrogen-bond donors (Lipinski definition) is 1. The van der Waals surface area contributed by atoms with Crippen molar-refractivity contribution in [3.05, 3.63) is 47.5 Å². The van der Waals surface area contributed by atoms with Crippen molar-refractivity contribution >= 4 is 5.97 Å². The molecule has 3 nitrogen and oxygen atoms in total. The maximum atomic E-state index is 13.2. The Balaban J connectivity index is 1.35. The Labute approximate surface area is 238 Å². The van der Waals surface area contributed by atoms with Gasteiger partial charge >= 0.3 is 5.97 Å². The molecule has 1 aromatic carbocycles. The number of carbonyl (C=O) groups excluding carboxylic acids is 1. The van der Waals surface area contributed by atoms with Crippen LogP contribution in [0.15, 0.2) is 42.0 Å². The second-order valence-electron chi connectivity index (χ2n) is 14.9. The number of aliphatic hydroxyl groups is 1. The zero-order valence-corrected chi connectivity index (χ0v) is 25.5. The van der Waals surface area contributed by atoms with Crippen LogP contribution in [0.25, 0.3) is 0 Å². The molecule has 3 fully saturated rings. The minimum absolute atomic E-state index is 0.0289. The van der Waals surface area contributed by atoms with Gasteiger partial charge in [-0.25, -0.2) is 4.79 Å². The van der Waals surface area contributed by atoms with Crippen molar-refractivity contribution < 1.29 is 14.6 Å². The van der Waals surface area contributed by atoms with Gasteiger partial charge in [0.2, 0.25) is 0 Å². The largest absolute Gasteiger partial charge is 0.458 e. The molecule has 0 heterocycles. The summed E-state index contributed by atoms with van der Waals surface area (Å²) in [6, 6.07) is 9.54. The van der Waals surface area contributed by atoms with Crippen LogP contribution in [0.2, 0.25) is 0 Å². The van der Waals surface area contributed by atoms with Crippen LogP contribution in [0, 0.1) is 46.3 Å². The average molecular weight is 535 g/mol. The fourth-order valence-electron chi connectivity index (χ4n) is 9.88.